The second-order valence-electron chi connectivity index (χ2n) is 2.82. The van der Waals surface area contributed by atoms with Gasteiger partial charge < -0.3 is 0 Å². The van der Waals surface area contributed by atoms with Crippen LogP contribution in [-0.4, -0.2) is 0 Å². The SMILES string of the molecule is C=C(CCC)S/C(=C\C)C(=C)C. The van der Waals surface area contributed by atoms with Gasteiger partial charge in [-0.2, -0.15) is 0 Å². The van der Waals surface area contributed by atoms with E-state index in [0.29, 0.717) is 0 Å². The number of rotatable bonds is 5. The maximum atomic E-state index is 4.00. The molecule has 0 aliphatic heterocycles. The maximum Gasteiger partial charge on any atom is 0.00990 e. The first kappa shape index (κ1) is 11.6. The molecule has 0 aromatic heterocycles. The molecule has 0 aliphatic carbocycles. The highest BCUT2D eigenvalue weighted by Gasteiger charge is 2.00. The minimum atomic E-state index is 1.09. The minimum absolute atomic E-state index is 1.09. The first-order valence-electron chi connectivity index (χ1n) is 4.29. The molecular formula is C11H18S. The molecule has 68 valence electrons. The molecule has 0 bridgehead atoms. The fourth-order valence-electron chi connectivity index (χ4n) is 0.878. The smallest absolute Gasteiger partial charge is 0.00990 e. The van der Waals surface area contributed by atoms with Crippen LogP contribution in [0.4, 0.5) is 0 Å². The second-order valence-corrected chi connectivity index (χ2v) is 4.05. The van der Waals surface area contributed by atoms with Crippen LogP contribution in [0.1, 0.15) is 33.6 Å². The van der Waals surface area contributed by atoms with Crippen LogP contribution in [0.2, 0.25) is 0 Å². The Bertz CT molecular complexity index is 199. The summed E-state index contributed by atoms with van der Waals surface area (Å²) >= 11 is 1.74. The number of hydrogen-bond acceptors (Lipinski definition) is 1. The van der Waals surface area contributed by atoms with Gasteiger partial charge >= 0.3 is 0 Å². The third-order valence-electron chi connectivity index (χ3n) is 1.47. The highest BCUT2D eigenvalue weighted by atomic mass is 32.2. The number of hydrogen-bond donors (Lipinski definition) is 0. The Balaban J connectivity index is 4.05. The van der Waals surface area contributed by atoms with E-state index in [1.54, 1.807) is 11.8 Å². The third-order valence-corrected chi connectivity index (χ3v) is 2.76. The van der Waals surface area contributed by atoms with Crippen LogP contribution < -0.4 is 0 Å². The average molecular weight is 182 g/mol. The van der Waals surface area contributed by atoms with Gasteiger partial charge in [-0.05, 0) is 30.7 Å². The Labute approximate surface area is 80.4 Å². The lowest BCUT2D eigenvalue weighted by Crippen LogP contribution is -1.80. The lowest BCUT2D eigenvalue weighted by atomic mass is 10.3. The van der Waals surface area contributed by atoms with Crippen LogP contribution in [0, 0.1) is 0 Å². The standard InChI is InChI=1S/C11H18S/c1-6-8-10(5)12-11(7-2)9(3)4/h7H,3,5-6,8H2,1-2,4H3/b11-7-. The van der Waals surface area contributed by atoms with Crippen molar-refractivity contribution in [2.24, 2.45) is 0 Å². The first-order chi connectivity index (χ1) is 5.61. The molecule has 0 aromatic carbocycles. The molecule has 0 aromatic rings. The van der Waals surface area contributed by atoms with Gasteiger partial charge in [0.05, 0.1) is 0 Å². The van der Waals surface area contributed by atoms with Crippen molar-refractivity contribution in [3.8, 4) is 0 Å². The highest BCUT2D eigenvalue weighted by Crippen LogP contribution is 2.31. The minimum Gasteiger partial charge on any atom is -0.0953 e. The van der Waals surface area contributed by atoms with Crippen LogP contribution in [-0.2, 0) is 0 Å². The molecule has 0 saturated heterocycles. The molecule has 0 N–H and O–H groups in total. The van der Waals surface area contributed by atoms with Gasteiger partial charge in [0.25, 0.3) is 0 Å². The van der Waals surface area contributed by atoms with Gasteiger partial charge in [-0.3, -0.25) is 0 Å². The number of thioether (sulfide) groups is 1. The third kappa shape index (κ3) is 4.45. The van der Waals surface area contributed by atoms with Crippen LogP contribution >= 0.6 is 11.8 Å². The lowest BCUT2D eigenvalue weighted by molar-refractivity contribution is 0.950. The Morgan fingerprint density at radius 1 is 1.42 bits per heavy atom. The van der Waals surface area contributed by atoms with E-state index in [1.165, 1.54) is 16.2 Å². The average Bonchev–Trinajstić information content (AvgIpc) is 2.00. The Kier molecular flexibility index (Phi) is 5.91. The molecule has 1 heteroatoms. The molecule has 0 amide bonds. The van der Waals surface area contributed by atoms with Crippen molar-refractivity contribution in [1.29, 1.82) is 0 Å². The van der Waals surface area contributed by atoms with E-state index in [-0.39, 0.29) is 0 Å². The van der Waals surface area contributed by atoms with E-state index >= 15 is 0 Å². The summed E-state index contributed by atoms with van der Waals surface area (Å²) in [6, 6.07) is 0. The van der Waals surface area contributed by atoms with Crippen LogP contribution in [0.15, 0.2) is 34.6 Å². The summed E-state index contributed by atoms with van der Waals surface area (Å²) in [6.45, 7) is 14.1. The van der Waals surface area contributed by atoms with Crippen molar-refractivity contribution in [2.45, 2.75) is 33.6 Å². The molecule has 0 saturated carbocycles. The molecule has 0 fully saturated rings. The molecule has 0 nitrogen and oxygen atoms in total. The van der Waals surface area contributed by atoms with Crippen LogP contribution in [0.5, 0.6) is 0 Å². The van der Waals surface area contributed by atoms with Gasteiger partial charge in [-0.1, -0.05) is 44.3 Å². The van der Waals surface area contributed by atoms with Crippen LogP contribution in [0.3, 0.4) is 0 Å². The highest BCUT2D eigenvalue weighted by molar-refractivity contribution is 8.06. The molecule has 0 spiro atoms. The monoisotopic (exact) mass is 182 g/mol. The summed E-state index contributed by atoms with van der Waals surface area (Å²) in [6.07, 6.45) is 4.35. The van der Waals surface area contributed by atoms with Crippen molar-refractivity contribution in [3.63, 3.8) is 0 Å². The fraction of sp³-hybridized carbons (Fsp3) is 0.455. The topological polar surface area (TPSA) is 0 Å². The maximum absolute atomic E-state index is 4.00. The van der Waals surface area contributed by atoms with Crippen molar-refractivity contribution in [2.75, 3.05) is 0 Å². The van der Waals surface area contributed by atoms with Gasteiger partial charge in [0.2, 0.25) is 0 Å². The predicted molar refractivity (Wildman–Crippen MR) is 60.2 cm³/mol. The quantitative estimate of drug-likeness (QED) is 0.564. The molecule has 0 rings (SSSR count). The van der Waals surface area contributed by atoms with Gasteiger partial charge in [0.1, 0.15) is 0 Å². The normalized spacial score (nSPS) is 11.4. The molecule has 12 heavy (non-hydrogen) atoms. The molecule has 0 atom stereocenters. The molecule has 0 radical (unpaired) electrons. The Hall–Kier alpha value is -0.430. The fourth-order valence-corrected chi connectivity index (χ4v) is 1.79. The van der Waals surface area contributed by atoms with Crippen molar-refractivity contribution in [3.05, 3.63) is 34.6 Å². The lowest BCUT2D eigenvalue weighted by Gasteiger charge is -2.07. The van der Waals surface area contributed by atoms with E-state index < -0.39 is 0 Å². The van der Waals surface area contributed by atoms with Crippen molar-refractivity contribution in [1.82, 2.24) is 0 Å². The van der Waals surface area contributed by atoms with E-state index in [2.05, 4.69) is 26.2 Å². The van der Waals surface area contributed by atoms with E-state index in [4.69, 9.17) is 0 Å². The summed E-state index contributed by atoms with van der Waals surface area (Å²) in [5.74, 6) is 0. The van der Waals surface area contributed by atoms with Crippen LogP contribution in [0.25, 0.3) is 0 Å². The van der Waals surface area contributed by atoms with Gasteiger partial charge in [-0.15, -0.1) is 0 Å². The Morgan fingerprint density at radius 2 is 2.00 bits per heavy atom. The summed E-state index contributed by atoms with van der Waals surface area (Å²) < 4.78 is 0. The van der Waals surface area contributed by atoms with Gasteiger partial charge in [-0.25, -0.2) is 0 Å². The van der Waals surface area contributed by atoms with E-state index in [9.17, 15) is 0 Å². The largest absolute Gasteiger partial charge is 0.0953 e. The molecule has 0 unspecified atom stereocenters. The second kappa shape index (κ2) is 6.13. The summed E-state index contributed by atoms with van der Waals surface area (Å²) in [5, 5.41) is 0. The van der Waals surface area contributed by atoms with E-state index in [1.807, 2.05) is 13.8 Å². The number of allylic oxidation sites excluding steroid dienone is 3. The molecule has 0 aliphatic rings. The van der Waals surface area contributed by atoms with E-state index in [0.717, 1.165) is 12.0 Å². The van der Waals surface area contributed by atoms with Gasteiger partial charge in [0.15, 0.2) is 0 Å². The zero-order valence-electron chi connectivity index (χ0n) is 8.31. The zero-order chi connectivity index (χ0) is 9.56. The summed E-state index contributed by atoms with van der Waals surface area (Å²) in [4.78, 5) is 2.47. The zero-order valence-corrected chi connectivity index (χ0v) is 9.13. The summed E-state index contributed by atoms with van der Waals surface area (Å²) in [7, 11) is 0. The van der Waals surface area contributed by atoms with Crippen molar-refractivity contribution < 1.29 is 0 Å². The van der Waals surface area contributed by atoms with Gasteiger partial charge in [0, 0.05) is 4.91 Å². The predicted octanol–water partition coefficient (Wildman–Crippen LogP) is 4.51. The molecule has 0 heterocycles. The molecular weight excluding hydrogens is 164 g/mol. The Morgan fingerprint density at radius 3 is 2.33 bits per heavy atom. The van der Waals surface area contributed by atoms with Crippen molar-refractivity contribution >= 4 is 11.8 Å². The first-order valence-corrected chi connectivity index (χ1v) is 5.11. The summed E-state index contributed by atoms with van der Waals surface area (Å²) in [5.41, 5.74) is 1.12.